The number of nitrogens with zero attached hydrogens (tertiary/aromatic N) is 5. The minimum Gasteiger partial charge on any atom is -0.320 e. The summed E-state index contributed by atoms with van der Waals surface area (Å²) in [5, 5.41) is 16.9. The van der Waals surface area contributed by atoms with Crippen LogP contribution in [0.2, 0.25) is 0 Å². The summed E-state index contributed by atoms with van der Waals surface area (Å²) in [4.78, 5) is 25.4. The molecule has 2 aromatic heterocycles. The van der Waals surface area contributed by atoms with E-state index in [0.717, 1.165) is 17.7 Å². The Labute approximate surface area is 141 Å². The van der Waals surface area contributed by atoms with Crippen molar-refractivity contribution in [1.82, 2.24) is 15.0 Å². The number of anilines is 4. The molecule has 24 heavy (non-hydrogen) atoms. The zero-order chi connectivity index (χ0) is 16.5. The Kier molecular flexibility index (Phi) is 3.54. The molecule has 1 aliphatic rings. The fourth-order valence-electron chi connectivity index (χ4n) is 2.77. The summed E-state index contributed by atoms with van der Waals surface area (Å²) in [5.74, 6) is 0.434. The second-order valence-electron chi connectivity index (χ2n) is 5.14. The molecule has 9 heteroatoms. The number of fused-ring (bicyclic) bond motifs is 1. The average molecular weight is 340 g/mol. The lowest BCUT2D eigenvalue weighted by molar-refractivity contribution is -0.383. The first kappa shape index (κ1) is 14.5. The van der Waals surface area contributed by atoms with Crippen molar-refractivity contribution in [3.05, 3.63) is 57.8 Å². The van der Waals surface area contributed by atoms with Gasteiger partial charge in [-0.25, -0.2) is 15.0 Å². The van der Waals surface area contributed by atoms with Gasteiger partial charge in [-0.3, -0.25) is 10.1 Å². The van der Waals surface area contributed by atoms with E-state index in [1.807, 2.05) is 29.2 Å². The predicted octanol–water partition coefficient (Wildman–Crippen LogP) is 3.28. The van der Waals surface area contributed by atoms with Gasteiger partial charge in [0.25, 0.3) is 0 Å². The van der Waals surface area contributed by atoms with Gasteiger partial charge in [-0.05, 0) is 18.1 Å². The zero-order valence-corrected chi connectivity index (χ0v) is 13.2. The second kappa shape index (κ2) is 5.85. The van der Waals surface area contributed by atoms with Crippen molar-refractivity contribution in [2.75, 3.05) is 16.8 Å². The van der Waals surface area contributed by atoms with E-state index < -0.39 is 4.92 Å². The molecular formula is C15H12N6O2S. The molecule has 1 aromatic carbocycles. The fraction of sp³-hybridized carbons (Fsp3) is 0.133. The van der Waals surface area contributed by atoms with Crippen molar-refractivity contribution in [3.63, 3.8) is 0 Å². The van der Waals surface area contributed by atoms with E-state index in [2.05, 4.69) is 20.3 Å². The monoisotopic (exact) mass is 340 g/mol. The Morgan fingerprint density at radius 1 is 1.25 bits per heavy atom. The number of nitrogens with one attached hydrogen (secondary N) is 1. The molecule has 4 rings (SSSR count). The van der Waals surface area contributed by atoms with Crippen LogP contribution in [0.25, 0.3) is 0 Å². The molecule has 3 heterocycles. The van der Waals surface area contributed by atoms with Gasteiger partial charge in [0.15, 0.2) is 5.13 Å². The van der Waals surface area contributed by atoms with Gasteiger partial charge in [0.05, 0.1) is 4.92 Å². The summed E-state index contributed by atoms with van der Waals surface area (Å²) in [5.41, 5.74) is 1.95. The molecule has 0 radical (unpaired) electrons. The molecule has 120 valence electrons. The first-order chi connectivity index (χ1) is 11.7. The number of benzene rings is 1. The summed E-state index contributed by atoms with van der Waals surface area (Å²) < 4.78 is 0. The van der Waals surface area contributed by atoms with Crippen LogP contribution in [-0.2, 0) is 6.42 Å². The van der Waals surface area contributed by atoms with Gasteiger partial charge in [0.1, 0.15) is 6.33 Å². The van der Waals surface area contributed by atoms with Crippen LogP contribution in [0.4, 0.5) is 28.1 Å². The van der Waals surface area contributed by atoms with Gasteiger partial charge in [-0.1, -0.05) is 18.2 Å². The number of para-hydroxylation sites is 1. The molecule has 0 saturated heterocycles. The molecule has 0 unspecified atom stereocenters. The lowest BCUT2D eigenvalue weighted by Gasteiger charge is -2.18. The fourth-order valence-corrected chi connectivity index (χ4v) is 3.30. The van der Waals surface area contributed by atoms with E-state index in [1.165, 1.54) is 17.7 Å². The van der Waals surface area contributed by atoms with Crippen molar-refractivity contribution >= 4 is 39.5 Å². The average Bonchev–Trinajstić information content (AvgIpc) is 3.23. The van der Waals surface area contributed by atoms with Crippen molar-refractivity contribution < 1.29 is 4.92 Å². The quantitative estimate of drug-likeness (QED) is 0.575. The molecule has 0 spiro atoms. The normalized spacial score (nSPS) is 12.9. The number of hydrogen-bond donors (Lipinski definition) is 1. The van der Waals surface area contributed by atoms with E-state index in [1.54, 1.807) is 11.6 Å². The number of rotatable bonds is 4. The molecular weight excluding hydrogens is 328 g/mol. The topological polar surface area (TPSA) is 97.1 Å². The maximum atomic E-state index is 11.7. The molecule has 3 aromatic rings. The molecule has 0 amide bonds. The van der Waals surface area contributed by atoms with E-state index in [4.69, 9.17) is 0 Å². The third kappa shape index (κ3) is 2.44. The summed E-state index contributed by atoms with van der Waals surface area (Å²) in [6.45, 7) is 0.647. The molecule has 1 aliphatic heterocycles. The minimum absolute atomic E-state index is 0.143. The highest BCUT2D eigenvalue weighted by atomic mass is 32.1. The first-order valence-corrected chi connectivity index (χ1v) is 8.13. The molecule has 0 bridgehead atoms. The van der Waals surface area contributed by atoms with Crippen molar-refractivity contribution in [1.29, 1.82) is 0 Å². The molecule has 0 saturated carbocycles. The summed E-state index contributed by atoms with van der Waals surface area (Å²) in [7, 11) is 0. The van der Waals surface area contributed by atoms with Crippen LogP contribution < -0.4 is 10.2 Å². The van der Waals surface area contributed by atoms with Gasteiger partial charge in [-0.15, -0.1) is 11.3 Å². The van der Waals surface area contributed by atoms with Gasteiger partial charge < -0.3 is 10.2 Å². The largest absolute Gasteiger partial charge is 0.354 e. The Morgan fingerprint density at radius 3 is 2.92 bits per heavy atom. The van der Waals surface area contributed by atoms with Gasteiger partial charge in [0, 0.05) is 23.8 Å². The lowest BCUT2D eigenvalue weighted by Crippen LogP contribution is -2.17. The summed E-state index contributed by atoms with van der Waals surface area (Å²) >= 11 is 1.35. The number of nitro groups is 1. The van der Waals surface area contributed by atoms with Crippen molar-refractivity contribution in [3.8, 4) is 0 Å². The minimum atomic E-state index is -0.452. The maximum absolute atomic E-state index is 11.7. The van der Waals surface area contributed by atoms with Crippen LogP contribution in [0.3, 0.4) is 0 Å². The van der Waals surface area contributed by atoms with Gasteiger partial charge in [-0.2, -0.15) is 0 Å². The van der Waals surface area contributed by atoms with E-state index in [9.17, 15) is 10.1 Å². The summed E-state index contributed by atoms with van der Waals surface area (Å²) in [6, 6.07) is 7.85. The molecule has 0 aliphatic carbocycles. The van der Waals surface area contributed by atoms with Crippen LogP contribution in [0.1, 0.15) is 5.56 Å². The molecule has 0 atom stereocenters. The second-order valence-corrected chi connectivity index (χ2v) is 6.04. The SMILES string of the molecule is O=[N+]([O-])c1c(Nc2nccs2)ncnc1N1CCc2ccccc21. The highest BCUT2D eigenvalue weighted by molar-refractivity contribution is 7.13. The van der Waals surface area contributed by atoms with Gasteiger partial charge >= 0.3 is 5.69 Å². The number of hydrogen-bond acceptors (Lipinski definition) is 8. The Bertz CT molecular complexity index is 899. The number of thiazole rings is 1. The predicted molar refractivity (Wildman–Crippen MR) is 91.2 cm³/mol. The lowest BCUT2D eigenvalue weighted by atomic mass is 10.2. The molecule has 0 fully saturated rings. The van der Waals surface area contributed by atoms with Crippen LogP contribution in [0.5, 0.6) is 0 Å². The summed E-state index contributed by atoms with van der Waals surface area (Å²) in [6.07, 6.45) is 3.78. The van der Waals surface area contributed by atoms with Crippen LogP contribution in [-0.4, -0.2) is 26.4 Å². The highest BCUT2D eigenvalue weighted by Gasteiger charge is 2.31. The van der Waals surface area contributed by atoms with E-state index >= 15 is 0 Å². The Morgan fingerprint density at radius 2 is 2.12 bits per heavy atom. The third-order valence-electron chi connectivity index (χ3n) is 3.79. The van der Waals surface area contributed by atoms with Gasteiger partial charge in [0.2, 0.25) is 11.6 Å². The van der Waals surface area contributed by atoms with Crippen LogP contribution in [0.15, 0.2) is 42.2 Å². The molecule has 1 N–H and O–H groups in total. The van der Waals surface area contributed by atoms with Crippen molar-refractivity contribution in [2.24, 2.45) is 0 Å². The maximum Gasteiger partial charge on any atom is 0.354 e. The number of aromatic nitrogens is 3. The third-order valence-corrected chi connectivity index (χ3v) is 4.47. The van der Waals surface area contributed by atoms with E-state index in [-0.39, 0.29) is 11.5 Å². The standard InChI is InChI=1S/C15H12N6O2S/c22-21(23)12-13(19-15-16-6-8-24-15)17-9-18-14(12)20-7-5-10-3-1-2-4-11(10)20/h1-4,6,8-9H,5,7H2,(H,16,17,18,19). The highest BCUT2D eigenvalue weighted by Crippen LogP contribution is 2.40. The van der Waals surface area contributed by atoms with Crippen LogP contribution in [0, 0.1) is 10.1 Å². The van der Waals surface area contributed by atoms with Crippen LogP contribution >= 0.6 is 11.3 Å². The first-order valence-electron chi connectivity index (χ1n) is 7.25. The van der Waals surface area contributed by atoms with E-state index in [0.29, 0.717) is 17.5 Å². The Balaban J connectivity index is 1.80. The zero-order valence-electron chi connectivity index (χ0n) is 12.4. The van der Waals surface area contributed by atoms with Crippen molar-refractivity contribution in [2.45, 2.75) is 6.42 Å². The Hall–Kier alpha value is -3.07. The smallest absolute Gasteiger partial charge is 0.320 e. The molecule has 8 nitrogen and oxygen atoms in total.